The van der Waals surface area contributed by atoms with Crippen LogP contribution in [0.1, 0.15) is 52.9 Å². The first kappa shape index (κ1) is 24.4. The summed E-state index contributed by atoms with van der Waals surface area (Å²) < 4.78 is 35.9. The van der Waals surface area contributed by atoms with Crippen molar-refractivity contribution in [3.8, 4) is 0 Å². The van der Waals surface area contributed by atoms with Crippen LogP contribution in [0.2, 0.25) is 0 Å². The third-order valence-electron chi connectivity index (χ3n) is 3.41. The normalized spacial score (nSPS) is 13.5. The molecule has 1 unspecified atom stereocenters. The van der Waals surface area contributed by atoms with Crippen molar-refractivity contribution in [3.63, 3.8) is 0 Å². The number of amides is 1. The van der Waals surface area contributed by atoms with Crippen LogP contribution in [0.3, 0.4) is 0 Å². The lowest BCUT2D eigenvalue weighted by molar-refractivity contribution is -0.122. The van der Waals surface area contributed by atoms with E-state index in [0.29, 0.717) is 18.6 Å². The van der Waals surface area contributed by atoms with E-state index in [-0.39, 0.29) is 17.8 Å². The number of carbonyl (C=O) groups is 2. The molecule has 0 aliphatic rings. The van der Waals surface area contributed by atoms with Gasteiger partial charge in [-0.05, 0) is 39.4 Å². The first-order valence-electron chi connectivity index (χ1n) is 8.31. The Kier molecular flexibility index (Phi) is 11.6. The molecular weight excluding hydrogens is 366 g/mol. The summed E-state index contributed by atoms with van der Waals surface area (Å²) in [6.07, 6.45) is 3.53. The van der Waals surface area contributed by atoms with Crippen molar-refractivity contribution >= 4 is 33.6 Å². The lowest BCUT2D eigenvalue weighted by Gasteiger charge is -2.24. The molecule has 0 rings (SSSR count). The fourth-order valence-corrected chi connectivity index (χ4v) is 4.33. The third-order valence-corrected chi connectivity index (χ3v) is 5.56. The van der Waals surface area contributed by atoms with Gasteiger partial charge in [0.25, 0.3) is 10.1 Å². The zero-order valence-electron chi connectivity index (χ0n) is 15.5. The van der Waals surface area contributed by atoms with Crippen molar-refractivity contribution < 1.29 is 27.3 Å². The number of unbranched alkanes of at least 4 members (excludes halogenated alkanes) is 1. The van der Waals surface area contributed by atoms with Crippen LogP contribution in [0.4, 0.5) is 0 Å². The SMILES string of the molecule is COC(CCCCSCCC(=O)NC(C)(C)CS(=O)(=O)O)CC(C)=O. The highest BCUT2D eigenvalue weighted by molar-refractivity contribution is 7.99. The maximum atomic E-state index is 11.8. The third kappa shape index (κ3) is 15.3. The summed E-state index contributed by atoms with van der Waals surface area (Å²) >= 11 is 1.66. The molecule has 0 fully saturated rings. The first-order chi connectivity index (χ1) is 11.4. The smallest absolute Gasteiger partial charge is 0.267 e. The Hall–Kier alpha value is -0.640. The molecule has 1 atom stereocenters. The number of nitrogens with one attached hydrogen (secondary N) is 1. The molecule has 0 aromatic carbocycles. The number of ether oxygens (including phenoxy) is 1. The summed E-state index contributed by atoms with van der Waals surface area (Å²) in [7, 11) is -2.52. The molecular formula is C16H31NO6S2. The molecule has 148 valence electrons. The van der Waals surface area contributed by atoms with Crippen LogP contribution in [0.25, 0.3) is 0 Å². The average molecular weight is 398 g/mol. The minimum atomic E-state index is -4.13. The molecule has 0 saturated carbocycles. The predicted octanol–water partition coefficient (Wildman–Crippen LogP) is 2.06. The summed E-state index contributed by atoms with van der Waals surface area (Å²) in [4.78, 5) is 22.9. The van der Waals surface area contributed by atoms with E-state index in [1.54, 1.807) is 39.6 Å². The molecule has 0 radical (unpaired) electrons. The standard InChI is InChI=1S/C16H31NO6S2/c1-13(18)11-14(23-4)7-5-6-9-24-10-8-15(19)17-16(2,3)12-25(20,21)22/h14H,5-12H2,1-4H3,(H,17,19)(H,20,21,22). The van der Waals surface area contributed by atoms with Gasteiger partial charge in [-0.2, -0.15) is 20.2 Å². The number of hydrogen-bond acceptors (Lipinski definition) is 6. The molecule has 0 heterocycles. The molecule has 0 spiro atoms. The van der Waals surface area contributed by atoms with Crippen LogP contribution in [-0.4, -0.2) is 60.7 Å². The van der Waals surface area contributed by atoms with E-state index in [2.05, 4.69) is 5.32 Å². The molecule has 9 heteroatoms. The number of Topliss-reactive ketones (excluding diaryl/α,β-unsaturated/α-hetero) is 1. The Morgan fingerprint density at radius 1 is 1.24 bits per heavy atom. The highest BCUT2D eigenvalue weighted by atomic mass is 32.2. The quantitative estimate of drug-likeness (QED) is 0.341. The summed E-state index contributed by atoms with van der Waals surface area (Å²) in [5.41, 5.74) is -0.999. The number of carbonyl (C=O) groups excluding carboxylic acids is 2. The van der Waals surface area contributed by atoms with Crippen molar-refractivity contribution in [3.05, 3.63) is 0 Å². The van der Waals surface area contributed by atoms with Gasteiger partial charge in [-0.1, -0.05) is 6.42 Å². The fourth-order valence-electron chi connectivity index (χ4n) is 2.40. The molecule has 25 heavy (non-hydrogen) atoms. The van der Waals surface area contributed by atoms with Gasteiger partial charge in [0.15, 0.2) is 0 Å². The summed E-state index contributed by atoms with van der Waals surface area (Å²) in [5.74, 6) is 0.943. The van der Waals surface area contributed by atoms with Crippen LogP contribution in [0.5, 0.6) is 0 Å². The number of thioether (sulfide) groups is 1. The van der Waals surface area contributed by atoms with E-state index >= 15 is 0 Å². The van der Waals surface area contributed by atoms with Crippen LogP contribution in [0.15, 0.2) is 0 Å². The second-order valence-electron chi connectivity index (χ2n) is 6.78. The summed E-state index contributed by atoms with van der Waals surface area (Å²) in [6.45, 7) is 4.67. The van der Waals surface area contributed by atoms with E-state index < -0.39 is 21.4 Å². The summed E-state index contributed by atoms with van der Waals surface area (Å²) in [6, 6.07) is 0. The minimum absolute atomic E-state index is 0.0155. The second kappa shape index (κ2) is 11.9. The minimum Gasteiger partial charge on any atom is -0.381 e. The number of rotatable bonds is 14. The number of hydrogen-bond donors (Lipinski definition) is 2. The van der Waals surface area contributed by atoms with Gasteiger partial charge in [0, 0.05) is 25.7 Å². The Morgan fingerprint density at radius 2 is 1.88 bits per heavy atom. The largest absolute Gasteiger partial charge is 0.381 e. The topological polar surface area (TPSA) is 110 Å². The van der Waals surface area contributed by atoms with Crippen LogP contribution < -0.4 is 5.32 Å². The number of ketones is 1. The zero-order valence-corrected chi connectivity index (χ0v) is 17.2. The molecule has 0 aromatic heterocycles. The molecule has 0 saturated heterocycles. The molecule has 0 aliphatic carbocycles. The maximum absolute atomic E-state index is 11.8. The lowest BCUT2D eigenvalue weighted by atomic mass is 10.1. The highest BCUT2D eigenvalue weighted by Gasteiger charge is 2.26. The zero-order chi connectivity index (χ0) is 19.5. The molecule has 1 amide bonds. The number of methoxy groups -OCH3 is 1. The van der Waals surface area contributed by atoms with Crippen molar-refractivity contribution in [2.24, 2.45) is 0 Å². The van der Waals surface area contributed by atoms with Crippen molar-refractivity contribution in [2.45, 2.75) is 64.5 Å². The van der Waals surface area contributed by atoms with E-state index in [4.69, 9.17) is 9.29 Å². The van der Waals surface area contributed by atoms with Gasteiger partial charge in [0.05, 0.1) is 17.4 Å². The lowest BCUT2D eigenvalue weighted by Crippen LogP contribution is -2.48. The Balaban J connectivity index is 3.81. The van der Waals surface area contributed by atoms with Gasteiger partial charge in [-0.25, -0.2) is 0 Å². The molecule has 2 N–H and O–H groups in total. The maximum Gasteiger partial charge on any atom is 0.267 e. The predicted molar refractivity (Wildman–Crippen MR) is 101 cm³/mol. The van der Waals surface area contributed by atoms with Crippen LogP contribution in [0, 0.1) is 0 Å². The van der Waals surface area contributed by atoms with Gasteiger partial charge < -0.3 is 10.1 Å². The van der Waals surface area contributed by atoms with E-state index in [0.717, 1.165) is 25.0 Å². The molecule has 0 aliphatic heterocycles. The fraction of sp³-hybridized carbons (Fsp3) is 0.875. The van der Waals surface area contributed by atoms with Crippen LogP contribution in [-0.2, 0) is 24.4 Å². The Morgan fingerprint density at radius 3 is 2.40 bits per heavy atom. The van der Waals surface area contributed by atoms with Crippen LogP contribution >= 0.6 is 11.8 Å². The van der Waals surface area contributed by atoms with Crippen molar-refractivity contribution in [2.75, 3.05) is 24.4 Å². The Labute approximate surface area is 155 Å². The van der Waals surface area contributed by atoms with E-state index in [1.807, 2.05) is 0 Å². The van der Waals surface area contributed by atoms with E-state index in [9.17, 15) is 18.0 Å². The monoisotopic (exact) mass is 397 g/mol. The van der Waals surface area contributed by atoms with Gasteiger partial charge in [0.1, 0.15) is 5.78 Å². The van der Waals surface area contributed by atoms with Crippen molar-refractivity contribution in [1.82, 2.24) is 5.32 Å². The molecule has 7 nitrogen and oxygen atoms in total. The molecule has 0 bridgehead atoms. The molecule has 0 aromatic rings. The Bertz CT molecular complexity index is 519. The first-order valence-corrected chi connectivity index (χ1v) is 11.1. The summed E-state index contributed by atoms with van der Waals surface area (Å²) in [5, 5.41) is 2.62. The van der Waals surface area contributed by atoms with Crippen molar-refractivity contribution in [1.29, 1.82) is 0 Å². The van der Waals surface area contributed by atoms with Gasteiger partial charge >= 0.3 is 0 Å². The average Bonchev–Trinajstić information content (AvgIpc) is 2.41. The second-order valence-corrected chi connectivity index (χ2v) is 9.46. The van der Waals surface area contributed by atoms with Gasteiger partial charge in [-0.15, -0.1) is 0 Å². The van der Waals surface area contributed by atoms with Gasteiger partial charge in [-0.3, -0.25) is 14.1 Å². The highest BCUT2D eigenvalue weighted by Crippen LogP contribution is 2.13. The van der Waals surface area contributed by atoms with E-state index in [1.165, 1.54) is 0 Å². The van der Waals surface area contributed by atoms with Gasteiger partial charge in [0.2, 0.25) is 5.91 Å².